The van der Waals surface area contributed by atoms with E-state index in [9.17, 15) is 9.18 Å². The third-order valence-electron chi connectivity index (χ3n) is 5.85. The Balaban J connectivity index is 1.41. The summed E-state index contributed by atoms with van der Waals surface area (Å²) in [5, 5.41) is 2.54. The molecule has 0 bridgehead atoms. The predicted molar refractivity (Wildman–Crippen MR) is 111 cm³/mol. The monoisotopic (exact) mass is 401 g/mol. The molecule has 2 saturated heterocycles. The van der Waals surface area contributed by atoms with E-state index < -0.39 is 0 Å². The van der Waals surface area contributed by atoms with Crippen LogP contribution in [-0.4, -0.2) is 52.9 Å². The first-order valence-corrected chi connectivity index (χ1v) is 11.3. The molecule has 0 spiro atoms. The van der Waals surface area contributed by atoms with Gasteiger partial charge >= 0.3 is 0 Å². The van der Waals surface area contributed by atoms with Crippen molar-refractivity contribution in [2.75, 3.05) is 26.2 Å². The molecule has 1 atom stereocenters. The third-order valence-corrected chi connectivity index (χ3v) is 6.78. The van der Waals surface area contributed by atoms with Crippen molar-refractivity contribution in [1.29, 1.82) is 0 Å². The van der Waals surface area contributed by atoms with Crippen molar-refractivity contribution >= 4 is 17.2 Å². The second kappa shape index (κ2) is 9.14. The number of halogens is 1. The maximum absolute atomic E-state index is 14.0. The van der Waals surface area contributed by atoms with Gasteiger partial charge in [0.15, 0.2) is 0 Å². The molecule has 2 aliphatic rings. The van der Waals surface area contributed by atoms with Crippen molar-refractivity contribution in [2.24, 2.45) is 0 Å². The molecule has 2 aliphatic heterocycles. The maximum atomic E-state index is 14.0. The summed E-state index contributed by atoms with van der Waals surface area (Å²) >= 11 is 1.40. The number of piperidine rings is 2. The summed E-state index contributed by atoms with van der Waals surface area (Å²) in [7, 11) is 0. The molecule has 150 valence electrons. The SMILES string of the molecule is O=C(Cc1csc(-c2ccccc2F)n1)N1CCCC[C@H]1CN1CCCCC1. The van der Waals surface area contributed by atoms with Crippen molar-refractivity contribution in [1.82, 2.24) is 14.8 Å². The number of carbonyl (C=O) groups is 1. The number of carbonyl (C=O) groups excluding carboxylic acids is 1. The van der Waals surface area contributed by atoms with Gasteiger partial charge in [-0.15, -0.1) is 11.3 Å². The van der Waals surface area contributed by atoms with Gasteiger partial charge in [0.05, 0.1) is 12.1 Å². The third kappa shape index (κ3) is 4.61. The lowest BCUT2D eigenvalue weighted by molar-refractivity contribution is -0.134. The van der Waals surface area contributed by atoms with Crippen LogP contribution in [0.1, 0.15) is 44.2 Å². The average molecular weight is 402 g/mol. The van der Waals surface area contributed by atoms with Crippen molar-refractivity contribution in [3.05, 3.63) is 41.2 Å². The highest BCUT2D eigenvalue weighted by molar-refractivity contribution is 7.13. The molecule has 2 fully saturated rings. The molecule has 6 heteroatoms. The molecule has 0 aliphatic carbocycles. The van der Waals surface area contributed by atoms with E-state index in [0.29, 0.717) is 23.0 Å². The Morgan fingerprint density at radius 3 is 2.71 bits per heavy atom. The average Bonchev–Trinajstić information content (AvgIpc) is 3.17. The van der Waals surface area contributed by atoms with E-state index in [2.05, 4.69) is 14.8 Å². The number of thiazole rings is 1. The Bertz CT molecular complexity index is 803. The highest BCUT2D eigenvalue weighted by Crippen LogP contribution is 2.27. The number of likely N-dealkylation sites (tertiary alicyclic amines) is 2. The molecule has 0 saturated carbocycles. The number of nitrogens with zero attached hydrogens (tertiary/aromatic N) is 3. The van der Waals surface area contributed by atoms with Crippen LogP contribution in [0.5, 0.6) is 0 Å². The van der Waals surface area contributed by atoms with Gasteiger partial charge < -0.3 is 9.80 Å². The molecule has 3 heterocycles. The molecule has 0 N–H and O–H groups in total. The molecule has 1 aromatic carbocycles. The first-order chi connectivity index (χ1) is 13.7. The maximum Gasteiger partial charge on any atom is 0.228 e. The topological polar surface area (TPSA) is 36.4 Å². The number of benzene rings is 1. The van der Waals surface area contributed by atoms with Gasteiger partial charge in [0.1, 0.15) is 10.8 Å². The molecule has 1 aromatic heterocycles. The molecule has 4 nitrogen and oxygen atoms in total. The minimum absolute atomic E-state index is 0.159. The van der Waals surface area contributed by atoms with Gasteiger partial charge in [0.2, 0.25) is 5.91 Å². The molecule has 1 amide bonds. The van der Waals surface area contributed by atoms with E-state index in [4.69, 9.17) is 0 Å². The number of hydrogen-bond acceptors (Lipinski definition) is 4. The van der Waals surface area contributed by atoms with Gasteiger partial charge in [-0.25, -0.2) is 9.37 Å². The van der Waals surface area contributed by atoms with Crippen LogP contribution in [0.25, 0.3) is 10.6 Å². The Morgan fingerprint density at radius 2 is 1.89 bits per heavy atom. The standard InChI is InChI=1S/C22H28FN3OS/c23-20-10-3-2-9-19(20)22-24-17(16-28-22)14-21(27)26-13-7-4-8-18(26)15-25-11-5-1-6-12-25/h2-3,9-10,16,18H,1,4-8,11-15H2/t18-/m0/s1. The lowest BCUT2D eigenvalue weighted by Crippen LogP contribution is -2.50. The van der Waals surface area contributed by atoms with Crippen LogP contribution in [0.3, 0.4) is 0 Å². The fraction of sp³-hybridized carbons (Fsp3) is 0.545. The fourth-order valence-corrected chi connectivity index (χ4v) is 5.21. The van der Waals surface area contributed by atoms with E-state index in [1.807, 2.05) is 11.4 Å². The highest BCUT2D eigenvalue weighted by atomic mass is 32.1. The smallest absolute Gasteiger partial charge is 0.228 e. The Hall–Kier alpha value is -1.79. The summed E-state index contributed by atoms with van der Waals surface area (Å²) < 4.78 is 14.0. The van der Waals surface area contributed by atoms with Gasteiger partial charge in [-0.1, -0.05) is 18.6 Å². The molecule has 2 aromatic rings. The zero-order valence-electron chi connectivity index (χ0n) is 16.3. The molecule has 28 heavy (non-hydrogen) atoms. The zero-order valence-corrected chi connectivity index (χ0v) is 17.1. The summed E-state index contributed by atoms with van der Waals surface area (Å²) in [6.07, 6.45) is 7.58. The molecule has 0 radical (unpaired) electrons. The molecular formula is C22H28FN3OS. The second-order valence-corrected chi connectivity index (χ2v) is 8.76. The van der Waals surface area contributed by atoms with Gasteiger partial charge in [-0.05, 0) is 57.3 Å². The summed E-state index contributed by atoms with van der Waals surface area (Å²) in [6, 6.07) is 6.99. The number of amides is 1. The van der Waals surface area contributed by atoms with Crippen LogP contribution in [-0.2, 0) is 11.2 Å². The quantitative estimate of drug-likeness (QED) is 0.747. The first-order valence-electron chi connectivity index (χ1n) is 10.4. The summed E-state index contributed by atoms with van der Waals surface area (Å²) in [5.74, 6) is -0.112. The van der Waals surface area contributed by atoms with Gasteiger partial charge in [-0.3, -0.25) is 4.79 Å². The van der Waals surface area contributed by atoms with Crippen molar-refractivity contribution in [3.8, 4) is 10.6 Å². The second-order valence-electron chi connectivity index (χ2n) is 7.90. The minimum atomic E-state index is -0.271. The van der Waals surface area contributed by atoms with Crippen LogP contribution < -0.4 is 0 Å². The number of hydrogen-bond donors (Lipinski definition) is 0. The van der Waals surface area contributed by atoms with Crippen molar-refractivity contribution < 1.29 is 9.18 Å². The van der Waals surface area contributed by atoms with Crippen LogP contribution >= 0.6 is 11.3 Å². The van der Waals surface area contributed by atoms with Crippen molar-refractivity contribution in [2.45, 2.75) is 51.0 Å². The Kier molecular flexibility index (Phi) is 6.37. The minimum Gasteiger partial charge on any atom is -0.338 e. The Labute approximate surface area is 170 Å². The fourth-order valence-electron chi connectivity index (χ4n) is 4.36. The van der Waals surface area contributed by atoms with E-state index in [-0.39, 0.29) is 11.7 Å². The zero-order chi connectivity index (χ0) is 19.3. The van der Waals surface area contributed by atoms with Gasteiger partial charge in [-0.2, -0.15) is 0 Å². The van der Waals surface area contributed by atoms with Crippen LogP contribution in [0.15, 0.2) is 29.6 Å². The highest BCUT2D eigenvalue weighted by Gasteiger charge is 2.29. The first kappa shape index (κ1) is 19.5. The normalized spacial score (nSPS) is 21.0. The van der Waals surface area contributed by atoms with E-state index in [0.717, 1.165) is 44.7 Å². The lowest BCUT2D eigenvalue weighted by atomic mass is 9.99. The van der Waals surface area contributed by atoms with E-state index in [1.54, 1.807) is 12.1 Å². The number of rotatable bonds is 5. The van der Waals surface area contributed by atoms with Crippen LogP contribution in [0.4, 0.5) is 4.39 Å². The predicted octanol–water partition coefficient (Wildman–Crippen LogP) is 4.36. The lowest BCUT2D eigenvalue weighted by Gasteiger charge is -2.39. The largest absolute Gasteiger partial charge is 0.338 e. The summed E-state index contributed by atoms with van der Waals surface area (Å²) in [4.78, 5) is 22.2. The summed E-state index contributed by atoms with van der Waals surface area (Å²) in [6.45, 7) is 4.18. The Morgan fingerprint density at radius 1 is 1.11 bits per heavy atom. The van der Waals surface area contributed by atoms with E-state index in [1.165, 1.54) is 43.1 Å². The molecule has 4 rings (SSSR count). The van der Waals surface area contributed by atoms with Crippen LogP contribution in [0.2, 0.25) is 0 Å². The number of aromatic nitrogens is 1. The molecule has 0 unspecified atom stereocenters. The van der Waals surface area contributed by atoms with Gasteiger partial charge in [0, 0.05) is 30.1 Å². The van der Waals surface area contributed by atoms with E-state index >= 15 is 0 Å². The van der Waals surface area contributed by atoms with Crippen molar-refractivity contribution in [3.63, 3.8) is 0 Å². The van der Waals surface area contributed by atoms with Crippen LogP contribution in [0, 0.1) is 5.82 Å². The molecular weight excluding hydrogens is 373 g/mol. The van der Waals surface area contributed by atoms with Gasteiger partial charge in [0.25, 0.3) is 0 Å². The summed E-state index contributed by atoms with van der Waals surface area (Å²) in [5.41, 5.74) is 1.25.